The predicted octanol–water partition coefficient (Wildman–Crippen LogP) is 13.9. The number of para-hydroxylation sites is 4. The summed E-state index contributed by atoms with van der Waals surface area (Å²) in [4.78, 5) is 0. The number of nitriles is 1. The van der Waals surface area contributed by atoms with E-state index < -0.39 is 0 Å². The molecule has 0 atom stereocenters. The summed E-state index contributed by atoms with van der Waals surface area (Å²) >= 11 is 0. The second-order valence-electron chi connectivity index (χ2n) is 14.8. The van der Waals surface area contributed by atoms with Gasteiger partial charge in [-0.25, -0.2) is 0 Å². The Bertz CT molecular complexity index is 3800. The molecule has 0 spiro atoms. The summed E-state index contributed by atoms with van der Waals surface area (Å²) in [7, 11) is 0. The first-order chi connectivity index (χ1) is 27.7. The van der Waals surface area contributed by atoms with Gasteiger partial charge in [-0.3, -0.25) is 0 Å². The van der Waals surface area contributed by atoms with Crippen molar-refractivity contribution in [3.8, 4) is 17.4 Å². The molecule has 0 fully saturated rings. The van der Waals surface area contributed by atoms with E-state index in [1.54, 1.807) is 0 Å². The average Bonchev–Trinajstić information content (AvgIpc) is 3.98. The Morgan fingerprint density at radius 3 is 1.30 bits per heavy atom. The monoisotopic (exact) mass is 713 g/mol. The number of furan rings is 2. The van der Waals surface area contributed by atoms with Gasteiger partial charge in [0.1, 0.15) is 22.8 Å². The van der Waals surface area contributed by atoms with Crippen LogP contribution in [-0.4, -0.2) is 9.13 Å². The van der Waals surface area contributed by atoms with Crippen molar-refractivity contribution in [2.24, 2.45) is 0 Å². The lowest BCUT2D eigenvalue weighted by Gasteiger charge is -2.09. The Morgan fingerprint density at radius 2 is 0.821 bits per heavy atom. The van der Waals surface area contributed by atoms with E-state index in [2.05, 4.69) is 173 Å². The molecule has 9 aromatic carbocycles. The first-order valence-electron chi connectivity index (χ1n) is 18.8. The molecular weight excluding hydrogens is 687 g/mol. The maximum absolute atomic E-state index is 10.4. The van der Waals surface area contributed by atoms with Gasteiger partial charge in [0.15, 0.2) is 5.58 Å². The highest BCUT2D eigenvalue weighted by Crippen LogP contribution is 2.44. The lowest BCUT2D eigenvalue weighted by atomic mass is 9.99. The Balaban J connectivity index is 1.02. The van der Waals surface area contributed by atoms with Crippen LogP contribution in [0.5, 0.6) is 0 Å². The van der Waals surface area contributed by atoms with Crippen molar-refractivity contribution in [3.63, 3.8) is 0 Å². The van der Waals surface area contributed by atoms with E-state index >= 15 is 0 Å². The maximum Gasteiger partial charge on any atom is 0.154 e. The second kappa shape index (κ2) is 10.7. The SMILES string of the molecule is N#Cc1cc2oc3cc4cc(-n5c6ccccc6c6ccccc65)ccc4cc3c2c2c1oc1cc3cc(-n4c5ccccc5c5ccccc54)ccc3cc12. The third-order valence-corrected chi connectivity index (χ3v) is 11.9. The second-order valence-corrected chi connectivity index (χ2v) is 14.8. The summed E-state index contributed by atoms with van der Waals surface area (Å²) in [6.45, 7) is 0. The minimum Gasteiger partial charge on any atom is -0.456 e. The Morgan fingerprint density at radius 1 is 0.375 bits per heavy atom. The van der Waals surface area contributed by atoms with Crippen LogP contribution in [0.25, 0.3) is 120 Å². The number of hydrogen-bond donors (Lipinski definition) is 0. The van der Waals surface area contributed by atoms with Crippen LogP contribution < -0.4 is 0 Å². The molecule has 258 valence electrons. The predicted molar refractivity (Wildman–Crippen MR) is 229 cm³/mol. The van der Waals surface area contributed by atoms with Gasteiger partial charge >= 0.3 is 0 Å². The van der Waals surface area contributed by atoms with Crippen molar-refractivity contribution in [2.45, 2.75) is 0 Å². The molecule has 4 aromatic heterocycles. The van der Waals surface area contributed by atoms with Crippen LogP contribution in [-0.2, 0) is 0 Å². The van der Waals surface area contributed by atoms with Gasteiger partial charge in [0.2, 0.25) is 0 Å². The largest absolute Gasteiger partial charge is 0.456 e. The molecule has 13 aromatic rings. The zero-order chi connectivity index (χ0) is 36.6. The van der Waals surface area contributed by atoms with Gasteiger partial charge in [-0.15, -0.1) is 0 Å². The molecule has 0 radical (unpaired) electrons. The van der Waals surface area contributed by atoms with Gasteiger partial charge in [-0.05, 0) is 94.3 Å². The molecule has 56 heavy (non-hydrogen) atoms. The van der Waals surface area contributed by atoms with Crippen LogP contribution >= 0.6 is 0 Å². The first-order valence-corrected chi connectivity index (χ1v) is 18.8. The molecule has 0 saturated carbocycles. The molecule has 0 unspecified atom stereocenters. The van der Waals surface area contributed by atoms with Crippen LogP contribution in [0.15, 0.2) is 173 Å². The van der Waals surface area contributed by atoms with Gasteiger partial charge in [0.25, 0.3) is 0 Å². The lowest BCUT2D eigenvalue weighted by molar-refractivity contribution is 0.662. The van der Waals surface area contributed by atoms with Gasteiger partial charge in [-0.2, -0.15) is 5.26 Å². The highest BCUT2D eigenvalue weighted by Gasteiger charge is 2.22. The van der Waals surface area contributed by atoms with Crippen molar-refractivity contribution in [1.82, 2.24) is 9.13 Å². The molecule has 0 aliphatic carbocycles. The van der Waals surface area contributed by atoms with E-state index in [9.17, 15) is 5.26 Å². The van der Waals surface area contributed by atoms with Gasteiger partial charge in [0.05, 0.1) is 27.6 Å². The third kappa shape index (κ3) is 3.87. The van der Waals surface area contributed by atoms with Crippen LogP contribution in [0, 0.1) is 11.3 Å². The molecule has 0 aliphatic rings. The van der Waals surface area contributed by atoms with Crippen LogP contribution in [0.3, 0.4) is 0 Å². The Kier molecular flexibility index (Phi) is 5.64. The van der Waals surface area contributed by atoms with Gasteiger partial charge < -0.3 is 18.0 Å². The molecule has 0 amide bonds. The molecule has 0 bridgehead atoms. The molecule has 0 aliphatic heterocycles. The number of nitrogens with zero attached hydrogens (tertiary/aromatic N) is 3. The molecule has 5 heteroatoms. The van der Waals surface area contributed by atoms with Crippen molar-refractivity contribution >= 4 is 109 Å². The summed E-state index contributed by atoms with van der Waals surface area (Å²) < 4.78 is 17.9. The number of fused-ring (bicyclic) bond motifs is 15. The highest BCUT2D eigenvalue weighted by atomic mass is 16.3. The fraction of sp³-hybridized carbons (Fsp3) is 0. The van der Waals surface area contributed by atoms with E-state index in [1.807, 2.05) is 6.07 Å². The topological polar surface area (TPSA) is 59.9 Å². The first kappa shape index (κ1) is 29.6. The fourth-order valence-corrected chi connectivity index (χ4v) is 9.43. The molecule has 0 N–H and O–H groups in total. The summed E-state index contributed by atoms with van der Waals surface area (Å²) in [5.41, 5.74) is 10.1. The van der Waals surface area contributed by atoms with Crippen molar-refractivity contribution in [3.05, 3.63) is 169 Å². The summed E-state index contributed by atoms with van der Waals surface area (Å²) in [6, 6.07) is 60.4. The summed E-state index contributed by atoms with van der Waals surface area (Å²) in [5, 5.41) is 23.5. The Labute approximate surface area is 318 Å². The highest BCUT2D eigenvalue weighted by molar-refractivity contribution is 6.28. The maximum atomic E-state index is 10.4. The fourth-order valence-electron chi connectivity index (χ4n) is 9.43. The number of rotatable bonds is 2. The van der Waals surface area contributed by atoms with Crippen LogP contribution in [0.1, 0.15) is 5.56 Å². The minimum atomic E-state index is 0.455. The smallest absolute Gasteiger partial charge is 0.154 e. The van der Waals surface area contributed by atoms with Crippen LogP contribution in [0.2, 0.25) is 0 Å². The third-order valence-electron chi connectivity index (χ3n) is 11.9. The molecule has 0 saturated heterocycles. The molecular formula is C51H27N3O2. The number of benzene rings is 9. The van der Waals surface area contributed by atoms with Gasteiger partial charge in [0, 0.05) is 60.5 Å². The van der Waals surface area contributed by atoms with E-state index in [4.69, 9.17) is 8.83 Å². The average molecular weight is 714 g/mol. The van der Waals surface area contributed by atoms with E-state index in [0.717, 1.165) is 65.6 Å². The quantitative estimate of drug-likeness (QED) is 0.179. The molecule has 4 heterocycles. The van der Waals surface area contributed by atoms with Crippen molar-refractivity contribution < 1.29 is 8.83 Å². The number of hydrogen-bond acceptors (Lipinski definition) is 3. The minimum absolute atomic E-state index is 0.455. The molecule has 5 nitrogen and oxygen atoms in total. The number of aromatic nitrogens is 2. The van der Waals surface area contributed by atoms with Gasteiger partial charge in [-0.1, -0.05) is 84.9 Å². The standard InChI is InChI=1S/C51H27N3O2/c52-28-33-27-48-49(40-23-29-17-19-34(21-31(29)25-46(40)55-48)53-42-13-5-1-9-36(42)37-10-2-6-14-43(37)53)50-41-24-30-18-20-35(22-32(30)26-47(41)56-51(33)50)54-44-15-7-3-11-38(44)39-12-4-8-16-45(39)54/h1-27H. The summed E-state index contributed by atoms with van der Waals surface area (Å²) in [5.74, 6) is 0. The van der Waals surface area contributed by atoms with Crippen LogP contribution in [0.4, 0.5) is 0 Å². The van der Waals surface area contributed by atoms with Crippen molar-refractivity contribution in [2.75, 3.05) is 0 Å². The normalized spacial score (nSPS) is 12.3. The van der Waals surface area contributed by atoms with Crippen molar-refractivity contribution in [1.29, 1.82) is 5.26 Å². The zero-order valence-electron chi connectivity index (χ0n) is 29.7. The lowest BCUT2D eigenvalue weighted by Crippen LogP contribution is -1.93. The summed E-state index contributed by atoms with van der Waals surface area (Å²) in [6.07, 6.45) is 0. The van der Waals surface area contributed by atoms with E-state index in [0.29, 0.717) is 16.7 Å². The molecule has 13 rings (SSSR count). The zero-order valence-corrected chi connectivity index (χ0v) is 29.7. The Hall–Kier alpha value is -7.81. The van der Waals surface area contributed by atoms with E-state index in [-0.39, 0.29) is 0 Å². The van der Waals surface area contributed by atoms with E-state index in [1.165, 1.54) is 43.6 Å².